The van der Waals surface area contributed by atoms with E-state index in [1.807, 2.05) is 6.07 Å². The molecule has 6 heteroatoms. The number of piperazine rings is 1. The van der Waals surface area contributed by atoms with Crippen LogP contribution in [0.3, 0.4) is 0 Å². The largest absolute Gasteiger partial charge is 0.337 e. The van der Waals surface area contributed by atoms with E-state index in [1.54, 1.807) is 11.8 Å². The van der Waals surface area contributed by atoms with Gasteiger partial charge in [-0.3, -0.25) is 5.10 Å². The van der Waals surface area contributed by atoms with Gasteiger partial charge in [0.1, 0.15) is 5.82 Å². The summed E-state index contributed by atoms with van der Waals surface area (Å²) in [5, 5.41) is 10.8. The number of H-pyrrole nitrogens is 1. The van der Waals surface area contributed by atoms with Gasteiger partial charge in [0, 0.05) is 30.6 Å². The maximum Gasteiger partial charge on any atom is 0.244 e. The Morgan fingerprint density at radius 3 is 3.00 bits per heavy atom. The number of hydrogen-bond donors (Lipinski definition) is 2. The number of aromatic amines is 1. The van der Waals surface area contributed by atoms with Gasteiger partial charge in [0.05, 0.1) is 5.75 Å². The molecular formula is C14H19N5S. The standard InChI is InChI=1S/C14H19N5S/c1-11-9-19(8-7-15-11)14-16-13(17-18-14)10-20-12-5-3-2-4-6-12/h2-6,11,15H,7-10H2,1H3,(H,16,17,18)/t11-/m1/s1. The molecule has 3 rings (SSSR count). The highest BCUT2D eigenvalue weighted by Gasteiger charge is 2.19. The molecule has 1 aliphatic rings. The zero-order valence-corrected chi connectivity index (χ0v) is 12.4. The molecule has 1 aromatic heterocycles. The van der Waals surface area contributed by atoms with Gasteiger partial charge in [-0.15, -0.1) is 16.9 Å². The molecule has 106 valence electrons. The highest BCUT2D eigenvalue weighted by Crippen LogP contribution is 2.21. The Bertz CT molecular complexity index is 542. The predicted molar refractivity (Wildman–Crippen MR) is 82.1 cm³/mol. The third-order valence-electron chi connectivity index (χ3n) is 3.29. The fraction of sp³-hybridized carbons (Fsp3) is 0.429. The van der Waals surface area contributed by atoms with Gasteiger partial charge in [-0.25, -0.2) is 0 Å². The Labute approximate surface area is 123 Å². The van der Waals surface area contributed by atoms with Gasteiger partial charge in [-0.05, 0) is 19.1 Å². The molecule has 1 saturated heterocycles. The molecular weight excluding hydrogens is 270 g/mol. The van der Waals surface area contributed by atoms with Crippen LogP contribution in [0.25, 0.3) is 0 Å². The summed E-state index contributed by atoms with van der Waals surface area (Å²) in [6, 6.07) is 10.8. The Kier molecular flexibility index (Phi) is 4.22. The van der Waals surface area contributed by atoms with Crippen LogP contribution < -0.4 is 10.2 Å². The maximum atomic E-state index is 4.59. The molecule has 0 saturated carbocycles. The minimum Gasteiger partial charge on any atom is -0.337 e. The van der Waals surface area contributed by atoms with Crippen molar-refractivity contribution in [3.63, 3.8) is 0 Å². The molecule has 20 heavy (non-hydrogen) atoms. The lowest BCUT2D eigenvalue weighted by molar-refractivity contribution is 0.480. The summed E-state index contributed by atoms with van der Waals surface area (Å²) >= 11 is 1.77. The zero-order chi connectivity index (χ0) is 13.8. The van der Waals surface area contributed by atoms with Gasteiger partial charge in [0.15, 0.2) is 0 Å². The van der Waals surface area contributed by atoms with Crippen LogP contribution in [0.1, 0.15) is 12.7 Å². The Morgan fingerprint density at radius 1 is 1.35 bits per heavy atom. The van der Waals surface area contributed by atoms with Gasteiger partial charge < -0.3 is 10.2 Å². The summed E-state index contributed by atoms with van der Waals surface area (Å²) in [6.07, 6.45) is 0. The first-order valence-electron chi connectivity index (χ1n) is 6.89. The molecule has 1 fully saturated rings. The van der Waals surface area contributed by atoms with Crippen molar-refractivity contribution >= 4 is 17.7 Å². The number of hydrogen-bond acceptors (Lipinski definition) is 5. The van der Waals surface area contributed by atoms with Crippen molar-refractivity contribution in [3.8, 4) is 0 Å². The number of nitrogens with zero attached hydrogens (tertiary/aromatic N) is 3. The van der Waals surface area contributed by atoms with Crippen LogP contribution in [0.2, 0.25) is 0 Å². The van der Waals surface area contributed by atoms with E-state index in [-0.39, 0.29) is 0 Å². The molecule has 1 aliphatic heterocycles. The molecule has 1 atom stereocenters. The molecule has 5 nitrogen and oxygen atoms in total. The Morgan fingerprint density at radius 2 is 2.20 bits per heavy atom. The monoisotopic (exact) mass is 289 g/mol. The minimum absolute atomic E-state index is 0.490. The summed E-state index contributed by atoms with van der Waals surface area (Å²) in [4.78, 5) is 8.08. The van der Waals surface area contributed by atoms with Crippen LogP contribution in [0, 0.1) is 0 Å². The number of nitrogens with one attached hydrogen (secondary N) is 2. The van der Waals surface area contributed by atoms with Crippen molar-refractivity contribution in [1.82, 2.24) is 20.5 Å². The maximum absolute atomic E-state index is 4.59. The average Bonchev–Trinajstić information content (AvgIpc) is 2.95. The van der Waals surface area contributed by atoms with Crippen LogP contribution in [-0.2, 0) is 5.75 Å². The predicted octanol–water partition coefficient (Wildman–Crippen LogP) is 1.90. The van der Waals surface area contributed by atoms with Gasteiger partial charge >= 0.3 is 0 Å². The van der Waals surface area contributed by atoms with E-state index in [2.05, 4.69) is 56.6 Å². The minimum atomic E-state index is 0.490. The molecule has 0 spiro atoms. The molecule has 0 bridgehead atoms. The first-order valence-corrected chi connectivity index (χ1v) is 7.87. The number of rotatable bonds is 4. The van der Waals surface area contributed by atoms with Crippen molar-refractivity contribution in [2.24, 2.45) is 0 Å². The number of benzene rings is 1. The number of aromatic nitrogens is 3. The average molecular weight is 289 g/mol. The third-order valence-corrected chi connectivity index (χ3v) is 4.31. The van der Waals surface area contributed by atoms with E-state index in [1.165, 1.54) is 4.90 Å². The van der Waals surface area contributed by atoms with Crippen LogP contribution in [0.4, 0.5) is 5.95 Å². The van der Waals surface area contributed by atoms with Crippen LogP contribution >= 0.6 is 11.8 Å². The normalized spacial score (nSPS) is 19.2. The summed E-state index contributed by atoms with van der Waals surface area (Å²) in [5.74, 6) is 2.57. The summed E-state index contributed by atoms with van der Waals surface area (Å²) in [6.45, 7) is 5.10. The van der Waals surface area contributed by atoms with Crippen molar-refractivity contribution in [2.75, 3.05) is 24.5 Å². The first kappa shape index (κ1) is 13.5. The fourth-order valence-corrected chi connectivity index (χ4v) is 3.06. The van der Waals surface area contributed by atoms with Crippen molar-refractivity contribution < 1.29 is 0 Å². The molecule has 0 radical (unpaired) electrons. The molecule has 2 N–H and O–H groups in total. The van der Waals surface area contributed by atoms with Gasteiger partial charge in [0.2, 0.25) is 5.95 Å². The molecule has 1 aromatic carbocycles. The highest BCUT2D eigenvalue weighted by atomic mass is 32.2. The van der Waals surface area contributed by atoms with Gasteiger partial charge in [0.25, 0.3) is 0 Å². The van der Waals surface area contributed by atoms with E-state index in [9.17, 15) is 0 Å². The van der Waals surface area contributed by atoms with Crippen molar-refractivity contribution in [2.45, 2.75) is 23.6 Å². The lowest BCUT2D eigenvalue weighted by atomic mass is 10.2. The lowest BCUT2D eigenvalue weighted by Gasteiger charge is -2.30. The SMILES string of the molecule is C[C@@H]1CN(c2n[nH]c(CSc3ccccc3)n2)CCN1. The van der Waals surface area contributed by atoms with E-state index < -0.39 is 0 Å². The van der Waals surface area contributed by atoms with Crippen molar-refractivity contribution in [3.05, 3.63) is 36.2 Å². The van der Waals surface area contributed by atoms with E-state index in [0.29, 0.717) is 6.04 Å². The van der Waals surface area contributed by atoms with Crippen LogP contribution in [0.15, 0.2) is 35.2 Å². The second kappa shape index (κ2) is 6.28. The Hall–Kier alpha value is -1.53. The second-order valence-corrected chi connectivity index (χ2v) is 6.03. The lowest BCUT2D eigenvalue weighted by Crippen LogP contribution is -2.49. The third kappa shape index (κ3) is 3.32. The molecule has 0 aliphatic carbocycles. The quantitative estimate of drug-likeness (QED) is 0.842. The first-order chi connectivity index (χ1) is 9.81. The number of thioether (sulfide) groups is 1. The van der Waals surface area contributed by atoms with E-state index in [4.69, 9.17) is 0 Å². The number of anilines is 1. The topological polar surface area (TPSA) is 56.8 Å². The van der Waals surface area contributed by atoms with E-state index >= 15 is 0 Å². The van der Waals surface area contributed by atoms with E-state index in [0.717, 1.165) is 37.2 Å². The second-order valence-electron chi connectivity index (χ2n) is 4.99. The molecule has 2 aromatic rings. The van der Waals surface area contributed by atoms with Gasteiger partial charge in [-0.2, -0.15) is 4.98 Å². The smallest absolute Gasteiger partial charge is 0.244 e. The fourth-order valence-electron chi connectivity index (χ4n) is 2.27. The van der Waals surface area contributed by atoms with Crippen molar-refractivity contribution in [1.29, 1.82) is 0 Å². The summed E-state index contributed by atoms with van der Waals surface area (Å²) in [5.41, 5.74) is 0. The Balaban J connectivity index is 1.59. The summed E-state index contributed by atoms with van der Waals surface area (Å²) in [7, 11) is 0. The van der Waals surface area contributed by atoms with Crippen LogP contribution in [-0.4, -0.2) is 40.9 Å². The molecule has 2 heterocycles. The highest BCUT2D eigenvalue weighted by molar-refractivity contribution is 7.98. The van der Waals surface area contributed by atoms with Crippen LogP contribution in [0.5, 0.6) is 0 Å². The summed E-state index contributed by atoms with van der Waals surface area (Å²) < 4.78 is 0. The molecule has 0 amide bonds. The molecule has 0 unspecified atom stereocenters. The van der Waals surface area contributed by atoms with Gasteiger partial charge in [-0.1, -0.05) is 18.2 Å². The zero-order valence-electron chi connectivity index (χ0n) is 11.5.